The summed E-state index contributed by atoms with van der Waals surface area (Å²) in [6.45, 7) is 0. The molecule has 0 N–H and O–H groups in total. The van der Waals surface area contributed by atoms with E-state index in [1.165, 1.54) is 12.5 Å². The van der Waals surface area contributed by atoms with Gasteiger partial charge >= 0.3 is 18.9 Å². The van der Waals surface area contributed by atoms with E-state index in [2.05, 4.69) is 5.73 Å². The van der Waals surface area contributed by atoms with Crippen molar-refractivity contribution in [1.29, 1.82) is 0 Å². The van der Waals surface area contributed by atoms with Crippen molar-refractivity contribution < 1.29 is 24.0 Å². The van der Waals surface area contributed by atoms with E-state index in [1.807, 2.05) is 0 Å². The molecule has 1 nitrogen and oxygen atoms in total. The second-order valence-electron chi connectivity index (χ2n) is 1.24. The summed E-state index contributed by atoms with van der Waals surface area (Å²) >= 11 is 0. The largest absolute Gasteiger partial charge is 1.00 e. The van der Waals surface area contributed by atoms with Gasteiger partial charge in [0.05, 0.1) is 0 Å². The minimum absolute atomic E-state index is 0. The van der Waals surface area contributed by atoms with E-state index >= 15 is 0 Å². The summed E-state index contributed by atoms with van der Waals surface area (Å²) in [5, 5.41) is 10.2. The van der Waals surface area contributed by atoms with Gasteiger partial charge in [-0.05, 0) is 12.2 Å². The molecular formula is C6H4Li2O. The van der Waals surface area contributed by atoms with E-state index in [4.69, 9.17) is 0 Å². The zero-order chi connectivity index (χ0) is 5.11. The van der Waals surface area contributed by atoms with Crippen molar-refractivity contribution in [2.75, 3.05) is 0 Å². The van der Waals surface area contributed by atoms with Crippen LogP contribution in [0.4, 0.5) is 0 Å². The first-order valence-electron chi connectivity index (χ1n) is 2.03. The normalized spacial score (nSPS) is 13.1. The van der Waals surface area contributed by atoms with Crippen LogP contribution < -0.4 is 24.0 Å². The molecular weight excluding hydrogens is 102 g/mol. The summed E-state index contributed by atoms with van der Waals surface area (Å²) in [6.07, 6.45) is 6.14. The van der Waals surface area contributed by atoms with Crippen LogP contribution in [0.15, 0.2) is 29.7 Å². The third kappa shape index (κ3) is 4.74. The molecule has 0 amide bonds. The fourth-order valence-electron chi connectivity index (χ4n) is 0.372. The van der Waals surface area contributed by atoms with Crippen LogP contribution in [-0.4, -0.2) is 18.9 Å². The Bertz CT molecular complexity index is 154. The average Bonchev–Trinajstić information content (AvgIpc) is 1.69. The minimum Gasteiger partial charge on any atom is -0.875 e. The van der Waals surface area contributed by atoms with Gasteiger partial charge in [-0.1, -0.05) is 6.08 Å². The molecule has 1 aliphatic carbocycles. The van der Waals surface area contributed by atoms with Crippen molar-refractivity contribution in [3.05, 3.63) is 36.1 Å². The smallest absolute Gasteiger partial charge is 0.875 e. The number of hydrogen-bond acceptors (Lipinski definition) is 1. The minimum atomic E-state index is 0. The van der Waals surface area contributed by atoms with Gasteiger partial charge in [-0.15, -0.1) is 11.5 Å². The Balaban J connectivity index is 0. The first kappa shape index (κ1) is 12.0. The van der Waals surface area contributed by atoms with Crippen LogP contribution in [0.1, 0.15) is 0 Å². The quantitative estimate of drug-likeness (QED) is 0.235. The predicted molar refractivity (Wildman–Crippen MR) is 30.8 cm³/mol. The van der Waals surface area contributed by atoms with Crippen molar-refractivity contribution in [3.8, 4) is 0 Å². The predicted octanol–water partition coefficient (Wildman–Crippen LogP) is -3.22. The Hall–Kier alpha value is 0.255. The zero-order valence-corrected chi connectivity index (χ0v) is 5.72. The van der Waals surface area contributed by atoms with Crippen LogP contribution in [0.2, 0.25) is 0 Å². The van der Waals surface area contributed by atoms with E-state index < -0.39 is 0 Å². The van der Waals surface area contributed by atoms with Gasteiger partial charge in [-0.25, -0.2) is 0 Å². The van der Waals surface area contributed by atoms with Gasteiger partial charge in [0.15, 0.2) is 0 Å². The first-order valence-corrected chi connectivity index (χ1v) is 2.03. The van der Waals surface area contributed by atoms with Crippen LogP contribution >= 0.6 is 0 Å². The molecule has 0 bridgehead atoms. The Kier molecular flexibility index (Phi) is 8.49. The summed E-state index contributed by atoms with van der Waals surface area (Å²) in [5.74, 6) is 0.0405. The van der Waals surface area contributed by atoms with Gasteiger partial charge in [0, 0.05) is 25.3 Å². The third-order valence-electron chi connectivity index (χ3n) is 0.688. The molecule has 0 heterocycles. The van der Waals surface area contributed by atoms with Crippen molar-refractivity contribution in [2.45, 2.75) is 0 Å². The van der Waals surface area contributed by atoms with Gasteiger partial charge in [0.25, 0.3) is 0 Å². The zero-order valence-electron chi connectivity index (χ0n) is 5.72. The van der Waals surface area contributed by atoms with Crippen LogP contribution in [0, 0.1) is 6.42 Å². The summed E-state index contributed by atoms with van der Waals surface area (Å²) in [5.41, 5.74) is 2.73. The molecule has 0 saturated carbocycles. The summed E-state index contributed by atoms with van der Waals surface area (Å²) < 4.78 is 0. The van der Waals surface area contributed by atoms with Crippen molar-refractivity contribution in [3.63, 3.8) is 0 Å². The second-order valence-corrected chi connectivity index (χ2v) is 1.24. The SMILES string of the molecule is [Li+].[Li].[O-]C1=CC=C=C[CH]1. The molecule has 0 unspecified atom stereocenters. The van der Waals surface area contributed by atoms with Gasteiger partial charge in [0.1, 0.15) is 0 Å². The van der Waals surface area contributed by atoms with Crippen LogP contribution in [-0.2, 0) is 0 Å². The van der Waals surface area contributed by atoms with E-state index in [0.29, 0.717) is 0 Å². The maximum atomic E-state index is 10.2. The van der Waals surface area contributed by atoms with Gasteiger partial charge < -0.3 is 5.11 Å². The molecule has 0 spiro atoms. The van der Waals surface area contributed by atoms with Gasteiger partial charge in [-0.2, -0.15) is 0 Å². The van der Waals surface area contributed by atoms with Crippen molar-refractivity contribution >= 4 is 18.9 Å². The van der Waals surface area contributed by atoms with E-state index in [0.717, 1.165) is 0 Å². The molecule has 0 saturated heterocycles. The Morgan fingerprint density at radius 2 is 2.00 bits per heavy atom. The topological polar surface area (TPSA) is 23.1 Å². The third-order valence-corrected chi connectivity index (χ3v) is 0.688. The molecule has 2 radical (unpaired) electrons. The van der Waals surface area contributed by atoms with E-state index in [1.54, 1.807) is 12.2 Å². The maximum Gasteiger partial charge on any atom is 1.00 e. The number of hydrogen-bond donors (Lipinski definition) is 0. The number of allylic oxidation sites excluding steroid dienone is 2. The molecule has 0 fully saturated rings. The molecule has 3 heteroatoms. The van der Waals surface area contributed by atoms with E-state index in [-0.39, 0.29) is 43.5 Å². The van der Waals surface area contributed by atoms with Crippen molar-refractivity contribution in [2.24, 2.45) is 0 Å². The first-order chi connectivity index (χ1) is 3.39. The van der Waals surface area contributed by atoms with Gasteiger partial charge in [-0.3, -0.25) is 0 Å². The number of rotatable bonds is 0. The van der Waals surface area contributed by atoms with E-state index in [9.17, 15) is 5.11 Å². The molecule has 1 rings (SSSR count). The monoisotopic (exact) mass is 106 g/mol. The van der Waals surface area contributed by atoms with Crippen LogP contribution in [0.25, 0.3) is 0 Å². The summed E-state index contributed by atoms with van der Waals surface area (Å²) in [4.78, 5) is 0. The fraction of sp³-hybridized carbons (Fsp3) is 0. The Morgan fingerprint density at radius 3 is 2.22 bits per heavy atom. The molecule has 0 aromatic carbocycles. The van der Waals surface area contributed by atoms with Crippen LogP contribution in [0.5, 0.6) is 0 Å². The standard InChI is InChI=1S/C6H5O.2Li/c7-6-4-2-1-3-5-6;;/h2-5,7H;;/q;;+1/p-1. The molecule has 36 valence electrons. The summed E-state index contributed by atoms with van der Waals surface area (Å²) in [7, 11) is 0. The molecule has 0 atom stereocenters. The average molecular weight is 106 g/mol. The maximum absolute atomic E-state index is 10.2. The van der Waals surface area contributed by atoms with Crippen molar-refractivity contribution in [1.82, 2.24) is 0 Å². The second kappa shape index (κ2) is 6.38. The Labute approximate surface area is 78.9 Å². The Morgan fingerprint density at radius 1 is 1.33 bits per heavy atom. The molecule has 0 aliphatic heterocycles. The van der Waals surface area contributed by atoms with Crippen LogP contribution in [0.3, 0.4) is 0 Å². The molecule has 0 aromatic heterocycles. The molecule has 9 heavy (non-hydrogen) atoms. The molecule has 0 aromatic rings. The summed E-state index contributed by atoms with van der Waals surface area (Å²) in [6, 6.07) is 0. The van der Waals surface area contributed by atoms with Gasteiger partial charge in [0.2, 0.25) is 0 Å². The fourth-order valence-corrected chi connectivity index (χ4v) is 0.372. The molecule has 1 aliphatic rings.